The first kappa shape index (κ1) is 53.6. The van der Waals surface area contributed by atoms with E-state index in [9.17, 15) is 36.6 Å². The highest BCUT2D eigenvalue weighted by molar-refractivity contribution is 5.59. The van der Waals surface area contributed by atoms with Gasteiger partial charge in [0, 0.05) is 25.7 Å². The van der Waals surface area contributed by atoms with Crippen molar-refractivity contribution in [3.8, 4) is 23.0 Å². The molecule has 0 aromatic heterocycles. The van der Waals surface area contributed by atoms with Crippen molar-refractivity contribution in [1.82, 2.24) is 0 Å². The molecule has 0 saturated heterocycles. The van der Waals surface area contributed by atoms with Crippen LogP contribution in [-0.2, 0) is 60.6 Å². The minimum absolute atomic E-state index is 0.00659. The van der Waals surface area contributed by atoms with Crippen LogP contribution in [0.2, 0.25) is 0 Å². The number of phenols is 2. The molecule has 7 rings (SSSR count). The Kier molecular flexibility index (Phi) is 14.2. The molecular formula is C58H58F10O4. The second-order valence-electron chi connectivity index (χ2n) is 22.9. The zero-order chi connectivity index (χ0) is 53.5. The van der Waals surface area contributed by atoms with Crippen LogP contribution in [0.25, 0.3) is 0 Å². The van der Waals surface area contributed by atoms with Crippen LogP contribution >= 0.6 is 0 Å². The van der Waals surface area contributed by atoms with Gasteiger partial charge in [0.1, 0.15) is 36.2 Å². The maximum absolute atomic E-state index is 15.3. The van der Waals surface area contributed by atoms with Crippen LogP contribution in [0, 0.1) is 58.2 Å². The summed E-state index contributed by atoms with van der Waals surface area (Å²) in [6.07, 6.45) is -0.491. The molecule has 2 N–H and O–H groups in total. The number of benzene rings is 6. The third-order valence-electron chi connectivity index (χ3n) is 13.3. The highest BCUT2D eigenvalue weighted by Crippen LogP contribution is 2.45. The summed E-state index contributed by atoms with van der Waals surface area (Å²) < 4.78 is 161. The molecule has 0 fully saturated rings. The smallest absolute Gasteiger partial charge is 0.200 e. The van der Waals surface area contributed by atoms with E-state index in [-0.39, 0.29) is 48.7 Å². The average molecular weight is 1010 g/mol. The van der Waals surface area contributed by atoms with E-state index in [4.69, 9.17) is 9.47 Å². The largest absolute Gasteiger partial charge is 0.507 e. The van der Waals surface area contributed by atoms with Crippen molar-refractivity contribution in [2.24, 2.45) is 0 Å². The number of aromatic hydroxyl groups is 2. The Morgan fingerprint density at radius 1 is 0.319 bits per heavy atom. The molecule has 8 bridgehead atoms. The molecule has 6 aromatic carbocycles. The zero-order valence-corrected chi connectivity index (χ0v) is 42.4. The number of halogens is 10. The van der Waals surface area contributed by atoms with Gasteiger partial charge in [0.05, 0.1) is 11.1 Å². The van der Waals surface area contributed by atoms with E-state index in [2.05, 4.69) is 0 Å². The molecule has 6 aromatic rings. The summed E-state index contributed by atoms with van der Waals surface area (Å²) in [6, 6.07) is 14.2. The van der Waals surface area contributed by atoms with Gasteiger partial charge in [-0.25, -0.2) is 43.9 Å². The summed E-state index contributed by atoms with van der Waals surface area (Å²) in [5.74, 6) is -21.9. The third-order valence-corrected chi connectivity index (χ3v) is 13.3. The van der Waals surface area contributed by atoms with E-state index in [0.717, 1.165) is 22.3 Å². The standard InChI is InChI=1S/C58H58F10O4/c1-55(2,3)35-17-27-13-31-21-37(57(7,8)9)23-33(53(31)71-25-39-41(59)45(63)49(67)46(64)42(39)60)15-29-19-36(56(4,5)6)20-30(52(29)70)16-34-24-38(58(10,11)12)22-32(14-28(18-35)51(27)69)54(34)72-26-40-43(61)47(65)50(68)48(66)44(40)62/h17-24,69-70H,13-16,25-26H2,1-12H3. The monoisotopic (exact) mass is 1010 g/mol. The molecule has 1 aliphatic rings. The topological polar surface area (TPSA) is 58.9 Å². The molecule has 0 unspecified atom stereocenters. The highest BCUT2D eigenvalue weighted by Gasteiger charge is 2.32. The first-order valence-electron chi connectivity index (χ1n) is 23.5. The van der Waals surface area contributed by atoms with Crippen LogP contribution in [0.15, 0.2) is 48.5 Å². The van der Waals surface area contributed by atoms with Crippen LogP contribution in [-0.4, -0.2) is 10.2 Å². The van der Waals surface area contributed by atoms with E-state index < -0.39 is 104 Å². The fourth-order valence-electron chi connectivity index (χ4n) is 8.86. The molecule has 14 heteroatoms. The lowest BCUT2D eigenvalue weighted by Gasteiger charge is -2.28. The normalized spacial score (nSPS) is 13.4. The van der Waals surface area contributed by atoms with E-state index in [1.807, 2.05) is 83.1 Å². The first-order chi connectivity index (χ1) is 33.2. The van der Waals surface area contributed by atoms with Gasteiger partial charge in [-0.15, -0.1) is 0 Å². The molecule has 0 radical (unpaired) electrons. The van der Waals surface area contributed by atoms with Crippen LogP contribution < -0.4 is 9.47 Å². The van der Waals surface area contributed by atoms with Gasteiger partial charge >= 0.3 is 0 Å². The Morgan fingerprint density at radius 2 is 0.500 bits per heavy atom. The molecule has 0 aliphatic heterocycles. The highest BCUT2D eigenvalue weighted by atomic mass is 19.2. The van der Waals surface area contributed by atoms with Crippen molar-refractivity contribution >= 4 is 0 Å². The van der Waals surface area contributed by atoms with Gasteiger partial charge in [-0.2, -0.15) is 0 Å². The van der Waals surface area contributed by atoms with Crippen molar-refractivity contribution < 1.29 is 63.6 Å². The van der Waals surface area contributed by atoms with Crippen molar-refractivity contribution in [1.29, 1.82) is 0 Å². The Hall–Kier alpha value is -6.18. The van der Waals surface area contributed by atoms with Gasteiger partial charge in [0.15, 0.2) is 46.5 Å². The predicted molar refractivity (Wildman–Crippen MR) is 256 cm³/mol. The van der Waals surface area contributed by atoms with Gasteiger partial charge in [0.2, 0.25) is 11.6 Å². The summed E-state index contributed by atoms with van der Waals surface area (Å²) in [6.45, 7) is 21.2. The third kappa shape index (κ3) is 10.4. The maximum atomic E-state index is 15.3. The first-order valence-corrected chi connectivity index (χ1v) is 23.5. The van der Waals surface area contributed by atoms with Crippen molar-refractivity contribution in [2.75, 3.05) is 0 Å². The molecule has 0 saturated carbocycles. The van der Waals surface area contributed by atoms with Crippen LogP contribution in [0.1, 0.15) is 161 Å². The zero-order valence-electron chi connectivity index (χ0n) is 42.4. The summed E-state index contributed by atoms with van der Waals surface area (Å²) in [5.41, 5.74) is 1.02. The van der Waals surface area contributed by atoms with Crippen molar-refractivity contribution in [2.45, 2.75) is 144 Å². The van der Waals surface area contributed by atoms with Gasteiger partial charge in [-0.3, -0.25) is 0 Å². The number of fused-ring (bicyclic) bond motifs is 8. The Balaban J connectivity index is 1.57. The lowest BCUT2D eigenvalue weighted by Crippen LogP contribution is -2.17. The molecular weight excluding hydrogens is 951 g/mol. The minimum atomic E-state index is -2.33. The van der Waals surface area contributed by atoms with Crippen molar-refractivity contribution in [3.05, 3.63) is 185 Å². The number of hydrogen-bond donors (Lipinski definition) is 2. The minimum Gasteiger partial charge on any atom is -0.507 e. The van der Waals surface area contributed by atoms with Crippen LogP contribution in [0.5, 0.6) is 23.0 Å². The van der Waals surface area contributed by atoms with Gasteiger partial charge in [-0.05, 0) is 88.4 Å². The molecule has 4 nitrogen and oxygen atoms in total. The maximum Gasteiger partial charge on any atom is 0.200 e. The Morgan fingerprint density at radius 3 is 0.694 bits per heavy atom. The molecule has 0 atom stereocenters. The fourth-order valence-corrected chi connectivity index (χ4v) is 8.86. The van der Waals surface area contributed by atoms with Gasteiger partial charge in [0.25, 0.3) is 0 Å². The molecule has 0 amide bonds. The second kappa shape index (κ2) is 19.0. The Bertz CT molecular complexity index is 2780. The Labute approximate surface area is 413 Å². The second-order valence-corrected chi connectivity index (χ2v) is 22.9. The molecule has 0 heterocycles. The molecule has 0 spiro atoms. The lowest BCUT2D eigenvalue weighted by molar-refractivity contribution is 0.274. The molecule has 384 valence electrons. The van der Waals surface area contributed by atoms with Gasteiger partial charge < -0.3 is 19.7 Å². The number of ether oxygens (including phenoxy) is 2. The van der Waals surface area contributed by atoms with Gasteiger partial charge in [-0.1, -0.05) is 132 Å². The van der Waals surface area contributed by atoms with E-state index in [0.29, 0.717) is 44.5 Å². The predicted octanol–water partition coefficient (Wildman–Crippen LogP) is 15.5. The summed E-state index contributed by atoms with van der Waals surface area (Å²) in [7, 11) is 0. The summed E-state index contributed by atoms with van der Waals surface area (Å²) in [5, 5.41) is 25.0. The van der Waals surface area contributed by atoms with Crippen molar-refractivity contribution in [3.63, 3.8) is 0 Å². The van der Waals surface area contributed by atoms with E-state index in [1.54, 1.807) is 48.5 Å². The van der Waals surface area contributed by atoms with Crippen LogP contribution in [0.3, 0.4) is 0 Å². The van der Waals surface area contributed by atoms with E-state index >= 15 is 17.6 Å². The number of phenolic OH excluding ortho intramolecular Hbond substituents is 2. The van der Waals surface area contributed by atoms with E-state index in [1.165, 1.54) is 0 Å². The lowest BCUT2D eigenvalue weighted by atomic mass is 9.79. The fraction of sp³-hybridized carbons (Fsp3) is 0.379. The quantitative estimate of drug-likeness (QED) is 0.0990. The van der Waals surface area contributed by atoms with Crippen LogP contribution in [0.4, 0.5) is 43.9 Å². The number of rotatable bonds is 6. The number of hydrogen-bond acceptors (Lipinski definition) is 4. The molecule has 1 aliphatic carbocycles. The summed E-state index contributed by atoms with van der Waals surface area (Å²) >= 11 is 0. The summed E-state index contributed by atoms with van der Waals surface area (Å²) in [4.78, 5) is 0. The molecule has 72 heavy (non-hydrogen) atoms. The average Bonchev–Trinajstić information content (AvgIpc) is 3.28. The SMILES string of the molecule is CC(C)(C)c1cc2c(O)c(c1)Cc1cc(C(C)(C)C)cc(c1OCc1c(F)c(F)c(F)c(F)c1F)Cc1cc(C(C)(C)C)cc(c1O)Cc1cc(C(C)(C)C)cc(c1OCc1c(F)c(F)c(F)c(F)c1F)C2.